The lowest BCUT2D eigenvalue weighted by Gasteiger charge is -2.05. The topological polar surface area (TPSA) is 47.6 Å². The van der Waals surface area contributed by atoms with Crippen LogP contribution in [0.25, 0.3) is 0 Å². The monoisotopic (exact) mass is 209 g/mol. The number of rotatable bonds is 5. The molecule has 0 spiro atoms. The average molecular weight is 209 g/mol. The Kier molecular flexibility index (Phi) is 4.63. The summed E-state index contributed by atoms with van der Waals surface area (Å²) < 4.78 is 9.72. The predicted molar refractivity (Wildman–Crippen MR) is 56.7 cm³/mol. The number of hydrogen-bond acceptors (Lipinski definition) is 3. The summed E-state index contributed by atoms with van der Waals surface area (Å²) in [5.41, 5.74) is 1.03. The fourth-order valence-corrected chi connectivity index (χ4v) is 1.13. The third-order valence-corrected chi connectivity index (χ3v) is 1.92. The first-order valence-electron chi connectivity index (χ1n) is 4.65. The number of hydrogen-bond donors (Lipinski definition) is 1. The van der Waals surface area contributed by atoms with E-state index in [-0.39, 0.29) is 12.5 Å². The van der Waals surface area contributed by atoms with Gasteiger partial charge in [-0.05, 0) is 17.7 Å². The van der Waals surface area contributed by atoms with E-state index in [0.29, 0.717) is 6.54 Å². The molecule has 4 nitrogen and oxygen atoms in total. The van der Waals surface area contributed by atoms with Gasteiger partial charge in [-0.2, -0.15) is 0 Å². The minimum absolute atomic E-state index is 0.0934. The third-order valence-electron chi connectivity index (χ3n) is 1.92. The Balaban J connectivity index is 2.40. The van der Waals surface area contributed by atoms with Crippen LogP contribution in [-0.2, 0) is 16.1 Å². The molecule has 1 amide bonds. The van der Waals surface area contributed by atoms with E-state index in [1.165, 1.54) is 7.11 Å². The average Bonchev–Trinajstić information content (AvgIpc) is 2.27. The first-order chi connectivity index (χ1) is 7.26. The van der Waals surface area contributed by atoms with Crippen molar-refractivity contribution in [2.45, 2.75) is 6.54 Å². The van der Waals surface area contributed by atoms with Crippen LogP contribution in [0.5, 0.6) is 5.75 Å². The van der Waals surface area contributed by atoms with Gasteiger partial charge >= 0.3 is 0 Å². The zero-order chi connectivity index (χ0) is 11.1. The molecule has 1 aromatic rings. The molecule has 1 rings (SSSR count). The Bertz CT molecular complexity index is 308. The van der Waals surface area contributed by atoms with Gasteiger partial charge in [0.1, 0.15) is 12.4 Å². The molecule has 0 radical (unpaired) electrons. The highest BCUT2D eigenvalue weighted by atomic mass is 16.5. The van der Waals surface area contributed by atoms with Crippen molar-refractivity contribution in [3.05, 3.63) is 29.8 Å². The van der Waals surface area contributed by atoms with Gasteiger partial charge in [0.15, 0.2) is 0 Å². The lowest BCUT2D eigenvalue weighted by molar-refractivity contribution is -0.124. The molecule has 0 unspecified atom stereocenters. The Hall–Kier alpha value is -1.55. The quantitative estimate of drug-likeness (QED) is 0.785. The fourth-order valence-electron chi connectivity index (χ4n) is 1.13. The van der Waals surface area contributed by atoms with Gasteiger partial charge in [0.2, 0.25) is 5.91 Å². The highest BCUT2D eigenvalue weighted by Crippen LogP contribution is 2.10. The summed E-state index contributed by atoms with van der Waals surface area (Å²) in [7, 11) is 3.11. The summed E-state index contributed by atoms with van der Waals surface area (Å²) in [5, 5.41) is 2.73. The Morgan fingerprint density at radius 2 is 1.93 bits per heavy atom. The van der Waals surface area contributed by atoms with Crippen molar-refractivity contribution < 1.29 is 14.3 Å². The van der Waals surface area contributed by atoms with Gasteiger partial charge < -0.3 is 14.8 Å². The zero-order valence-corrected chi connectivity index (χ0v) is 8.95. The maximum Gasteiger partial charge on any atom is 0.246 e. The second-order valence-corrected chi connectivity index (χ2v) is 3.06. The van der Waals surface area contributed by atoms with Crippen LogP contribution in [-0.4, -0.2) is 26.7 Å². The summed E-state index contributed by atoms with van der Waals surface area (Å²) in [5.74, 6) is 0.690. The smallest absolute Gasteiger partial charge is 0.246 e. The van der Waals surface area contributed by atoms with Gasteiger partial charge in [-0.25, -0.2) is 0 Å². The second kappa shape index (κ2) is 6.03. The van der Waals surface area contributed by atoms with Gasteiger partial charge in [0.05, 0.1) is 7.11 Å². The number of methoxy groups -OCH3 is 2. The molecule has 1 N–H and O–H groups in total. The van der Waals surface area contributed by atoms with Crippen LogP contribution < -0.4 is 10.1 Å². The van der Waals surface area contributed by atoms with Crippen LogP contribution in [0.2, 0.25) is 0 Å². The molecular formula is C11H15NO3. The van der Waals surface area contributed by atoms with Crippen LogP contribution in [0.4, 0.5) is 0 Å². The third kappa shape index (κ3) is 3.99. The molecule has 0 aliphatic carbocycles. The van der Waals surface area contributed by atoms with Gasteiger partial charge in [-0.15, -0.1) is 0 Å². The number of benzene rings is 1. The molecule has 0 bridgehead atoms. The molecule has 0 aliphatic heterocycles. The highest BCUT2D eigenvalue weighted by Gasteiger charge is 1.99. The summed E-state index contributed by atoms with van der Waals surface area (Å²) in [6.45, 7) is 0.600. The van der Waals surface area contributed by atoms with Crippen molar-refractivity contribution in [3.8, 4) is 5.75 Å². The van der Waals surface area contributed by atoms with Crippen molar-refractivity contribution >= 4 is 5.91 Å². The maximum atomic E-state index is 11.1. The molecule has 0 atom stereocenters. The zero-order valence-electron chi connectivity index (χ0n) is 8.95. The summed E-state index contributed by atoms with van der Waals surface area (Å²) in [4.78, 5) is 11.1. The minimum atomic E-state index is -0.117. The van der Waals surface area contributed by atoms with Crippen molar-refractivity contribution in [3.63, 3.8) is 0 Å². The number of amides is 1. The number of nitrogens with one attached hydrogen (secondary N) is 1. The van der Waals surface area contributed by atoms with Crippen LogP contribution in [0.15, 0.2) is 24.3 Å². The highest BCUT2D eigenvalue weighted by molar-refractivity contribution is 5.77. The SMILES string of the molecule is COCC(=O)NCc1ccc(OC)cc1. The maximum absolute atomic E-state index is 11.1. The number of carbonyl (C=O) groups excluding carboxylic acids is 1. The van der Waals surface area contributed by atoms with Gasteiger partial charge in [0.25, 0.3) is 0 Å². The van der Waals surface area contributed by atoms with Crippen molar-refractivity contribution in [1.29, 1.82) is 0 Å². The van der Waals surface area contributed by atoms with E-state index in [0.717, 1.165) is 11.3 Å². The number of ether oxygens (including phenoxy) is 2. The van der Waals surface area contributed by atoms with E-state index in [9.17, 15) is 4.79 Å². The first-order valence-corrected chi connectivity index (χ1v) is 4.65. The van der Waals surface area contributed by atoms with Crippen LogP contribution in [0.1, 0.15) is 5.56 Å². The van der Waals surface area contributed by atoms with E-state index >= 15 is 0 Å². The molecule has 82 valence electrons. The van der Waals surface area contributed by atoms with E-state index in [1.54, 1.807) is 7.11 Å². The van der Waals surface area contributed by atoms with Crippen LogP contribution >= 0.6 is 0 Å². The molecule has 0 aliphatic rings. The van der Waals surface area contributed by atoms with Crippen LogP contribution in [0, 0.1) is 0 Å². The minimum Gasteiger partial charge on any atom is -0.497 e. The van der Waals surface area contributed by atoms with Crippen molar-refractivity contribution in [2.24, 2.45) is 0 Å². The normalized spacial score (nSPS) is 9.73. The van der Waals surface area contributed by atoms with E-state index in [1.807, 2.05) is 24.3 Å². The molecule has 0 fully saturated rings. The molecule has 0 saturated carbocycles. The van der Waals surface area contributed by atoms with E-state index in [4.69, 9.17) is 9.47 Å². The Morgan fingerprint density at radius 1 is 1.27 bits per heavy atom. The standard InChI is InChI=1S/C11H15NO3/c1-14-8-11(13)12-7-9-3-5-10(15-2)6-4-9/h3-6H,7-8H2,1-2H3,(H,12,13). The summed E-state index contributed by atoms with van der Waals surface area (Å²) in [6, 6.07) is 7.54. The molecule has 0 heterocycles. The van der Waals surface area contributed by atoms with Crippen molar-refractivity contribution in [2.75, 3.05) is 20.8 Å². The molecule has 4 heteroatoms. The Labute approximate surface area is 89.2 Å². The lowest BCUT2D eigenvalue weighted by atomic mass is 10.2. The van der Waals surface area contributed by atoms with Gasteiger partial charge in [0, 0.05) is 13.7 Å². The largest absolute Gasteiger partial charge is 0.497 e. The van der Waals surface area contributed by atoms with Gasteiger partial charge in [-0.1, -0.05) is 12.1 Å². The predicted octanol–water partition coefficient (Wildman–Crippen LogP) is 0.958. The van der Waals surface area contributed by atoms with E-state index < -0.39 is 0 Å². The lowest BCUT2D eigenvalue weighted by Crippen LogP contribution is -2.26. The molecule has 0 saturated heterocycles. The van der Waals surface area contributed by atoms with E-state index in [2.05, 4.69) is 5.32 Å². The molecule has 0 aromatic heterocycles. The van der Waals surface area contributed by atoms with Gasteiger partial charge in [-0.3, -0.25) is 4.79 Å². The first kappa shape index (κ1) is 11.5. The second-order valence-electron chi connectivity index (χ2n) is 3.06. The number of carbonyl (C=O) groups is 1. The molecular weight excluding hydrogens is 194 g/mol. The fraction of sp³-hybridized carbons (Fsp3) is 0.364. The summed E-state index contributed by atoms with van der Waals surface area (Å²) in [6.07, 6.45) is 0. The van der Waals surface area contributed by atoms with Crippen LogP contribution in [0.3, 0.4) is 0 Å². The summed E-state index contributed by atoms with van der Waals surface area (Å²) >= 11 is 0. The Morgan fingerprint density at radius 3 is 2.47 bits per heavy atom. The molecule has 1 aromatic carbocycles. The molecule has 15 heavy (non-hydrogen) atoms. The van der Waals surface area contributed by atoms with Crippen molar-refractivity contribution in [1.82, 2.24) is 5.32 Å².